The molecule has 7 heteroatoms. The van der Waals surface area contributed by atoms with E-state index < -0.39 is 0 Å². The molecule has 1 aliphatic rings. The zero-order valence-corrected chi connectivity index (χ0v) is 19.4. The Morgan fingerprint density at radius 3 is 2.79 bits per heavy atom. The molecule has 0 unspecified atom stereocenters. The van der Waals surface area contributed by atoms with Crippen molar-refractivity contribution in [3.8, 4) is 0 Å². The van der Waals surface area contributed by atoms with Crippen LogP contribution in [0.25, 0.3) is 0 Å². The lowest BCUT2D eigenvalue weighted by atomic mass is 9.94. The number of anilines is 3. The minimum Gasteiger partial charge on any atom is -0.375 e. The smallest absolute Gasteiger partial charge is 0.228 e. The number of carbonyl (C=O) groups is 1. The van der Waals surface area contributed by atoms with E-state index in [4.69, 9.17) is 4.98 Å². The number of amides is 1. The molecule has 1 amide bonds. The van der Waals surface area contributed by atoms with Crippen molar-refractivity contribution in [1.29, 1.82) is 0 Å². The second kappa shape index (κ2) is 10.9. The molecule has 0 spiro atoms. The van der Waals surface area contributed by atoms with Gasteiger partial charge in [0.05, 0.1) is 5.69 Å². The summed E-state index contributed by atoms with van der Waals surface area (Å²) in [6.07, 6.45) is 7.02. The highest BCUT2D eigenvalue weighted by Crippen LogP contribution is 2.27. The van der Waals surface area contributed by atoms with E-state index in [0.29, 0.717) is 18.9 Å². The molecule has 2 aromatic heterocycles. The summed E-state index contributed by atoms with van der Waals surface area (Å²) in [4.78, 5) is 30.5. The molecule has 1 atom stereocenters. The highest BCUT2D eigenvalue weighted by molar-refractivity contribution is 5.76. The molecular formula is C26H32N6O. The summed E-state index contributed by atoms with van der Waals surface area (Å²) in [7, 11) is 2.07. The number of piperidine rings is 1. The van der Waals surface area contributed by atoms with Gasteiger partial charge in [0, 0.05) is 57.1 Å². The van der Waals surface area contributed by atoms with Crippen molar-refractivity contribution >= 4 is 23.4 Å². The molecule has 1 saturated heterocycles. The van der Waals surface area contributed by atoms with E-state index in [9.17, 15) is 4.79 Å². The molecule has 3 heterocycles. The summed E-state index contributed by atoms with van der Waals surface area (Å²) in [5.41, 5.74) is 3.26. The monoisotopic (exact) mass is 444 g/mol. The summed E-state index contributed by atoms with van der Waals surface area (Å²) in [5, 5.41) is 3.18. The number of nitrogens with one attached hydrogen (secondary N) is 1. The second-order valence-corrected chi connectivity index (χ2v) is 8.69. The van der Waals surface area contributed by atoms with Crippen LogP contribution in [0.3, 0.4) is 0 Å². The number of hydrogen-bond donors (Lipinski definition) is 1. The molecule has 4 rings (SSSR count). The van der Waals surface area contributed by atoms with Crippen LogP contribution in [0.4, 0.5) is 17.5 Å². The average Bonchev–Trinajstić information content (AvgIpc) is 2.86. The number of pyridine rings is 1. The molecule has 1 aliphatic heterocycles. The first-order valence-electron chi connectivity index (χ1n) is 11.6. The molecule has 0 saturated carbocycles. The topological polar surface area (TPSA) is 74.2 Å². The molecule has 0 aliphatic carbocycles. The molecule has 33 heavy (non-hydrogen) atoms. The number of aromatic nitrogens is 3. The zero-order chi connectivity index (χ0) is 23.0. The van der Waals surface area contributed by atoms with Gasteiger partial charge in [0.25, 0.3) is 0 Å². The maximum Gasteiger partial charge on any atom is 0.228 e. The van der Waals surface area contributed by atoms with Gasteiger partial charge >= 0.3 is 0 Å². The lowest BCUT2D eigenvalue weighted by molar-refractivity contribution is -0.132. The van der Waals surface area contributed by atoms with Crippen molar-refractivity contribution < 1.29 is 4.79 Å². The van der Waals surface area contributed by atoms with E-state index in [1.165, 1.54) is 5.69 Å². The minimum atomic E-state index is 0.226. The first kappa shape index (κ1) is 22.7. The van der Waals surface area contributed by atoms with E-state index in [1.807, 2.05) is 54.4 Å². The van der Waals surface area contributed by atoms with Gasteiger partial charge in [-0.2, -0.15) is 0 Å². The fourth-order valence-electron chi connectivity index (χ4n) is 4.20. The maximum absolute atomic E-state index is 12.9. The van der Waals surface area contributed by atoms with E-state index in [0.717, 1.165) is 49.4 Å². The van der Waals surface area contributed by atoms with Gasteiger partial charge in [0.2, 0.25) is 11.9 Å². The lowest BCUT2D eigenvalue weighted by Crippen LogP contribution is -2.39. The van der Waals surface area contributed by atoms with Crippen LogP contribution < -0.4 is 10.2 Å². The fourth-order valence-corrected chi connectivity index (χ4v) is 4.20. The van der Waals surface area contributed by atoms with Crippen LogP contribution >= 0.6 is 0 Å². The number of hydrogen-bond acceptors (Lipinski definition) is 6. The van der Waals surface area contributed by atoms with Crippen molar-refractivity contribution in [2.75, 3.05) is 36.9 Å². The Morgan fingerprint density at radius 2 is 2.00 bits per heavy atom. The number of benzene rings is 1. The molecule has 1 aromatic carbocycles. The third kappa shape index (κ3) is 6.28. The van der Waals surface area contributed by atoms with Crippen LogP contribution in [0.1, 0.15) is 42.9 Å². The number of rotatable bonds is 8. The second-order valence-electron chi connectivity index (χ2n) is 8.69. The fraction of sp³-hybridized carbons (Fsp3) is 0.385. The quantitative estimate of drug-likeness (QED) is 0.550. The number of aryl methyl sites for hydroxylation is 1. The van der Waals surface area contributed by atoms with Gasteiger partial charge in [-0.25, -0.2) is 15.0 Å². The number of carbonyl (C=O) groups excluding carboxylic acids is 1. The predicted octanol–water partition coefficient (Wildman–Crippen LogP) is 4.55. The van der Waals surface area contributed by atoms with E-state index >= 15 is 0 Å². The van der Waals surface area contributed by atoms with Crippen LogP contribution in [0, 0.1) is 6.92 Å². The Balaban J connectivity index is 1.30. The Hall–Kier alpha value is -3.48. The predicted molar refractivity (Wildman–Crippen MR) is 132 cm³/mol. The van der Waals surface area contributed by atoms with Gasteiger partial charge in [0.15, 0.2) is 0 Å². The van der Waals surface area contributed by atoms with Crippen molar-refractivity contribution in [3.05, 3.63) is 72.2 Å². The zero-order valence-electron chi connectivity index (χ0n) is 19.4. The minimum absolute atomic E-state index is 0.226. The number of para-hydroxylation sites is 1. The average molecular weight is 445 g/mol. The Bertz CT molecular complexity index is 1040. The number of likely N-dealkylation sites (tertiary alicyclic amines) is 1. The first-order chi connectivity index (χ1) is 16.1. The van der Waals surface area contributed by atoms with Crippen molar-refractivity contribution in [3.63, 3.8) is 0 Å². The summed E-state index contributed by atoms with van der Waals surface area (Å²) in [5.74, 6) is 1.72. The standard InChI is InChI=1S/C26H32N6O/c1-20-12-13-24(28-18-20)30-26-27-15-14-23(29-26)21-8-6-17-32(19-21)25(33)11-7-16-31(2)22-9-4-3-5-10-22/h3-5,9-10,12-15,18,21H,6-8,11,16-17,19H2,1-2H3,(H,27,28,29,30)/t21-/m1/s1. The van der Waals surface area contributed by atoms with Crippen LogP contribution in [0.2, 0.25) is 0 Å². The molecule has 7 nitrogen and oxygen atoms in total. The van der Waals surface area contributed by atoms with Crippen LogP contribution in [-0.4, -0.2) is 52.4 Å². The third-order valence-electron chi connectivity index (χ3n) is 6.10. The highest BCUT2D eigenvalue weighted by atomic mass is 16.2. The van der Waals surface area contributed by atoms with Gasteiger partial charge in [-0.3, -0.25) is 4.79 Å². The van der Waals surface area contributed by atoms with Gasteiger partial charge in [-0.1, -0.05) is 24.3 Å². The summed E-state index contributed by atoms with van der Waals surface area (Å²) in [6, 6.07) is 16.2. The van der Waals surface area contributed by atoms with Crippen LogP contribution in [0.5, 0.6) is 0 Å². The third-order valence-corrected chi connectivity index (χ3v) is 6.10. The van der Waals surface area contributed by atoms with Crippen molar-refractivity contribution in [2.45, 2.75) is 38.5 Å². The lowest BCUT2D eigenvalue weighted by Gasteiger charge is -2.33. The normalized spacial score (nSPS) is 15.8. The van der Waals surface area contributed by atoms with E-state index in [-0.39, 0.29) is 11.8 Å². The highest BCUT2D eigenvalue weighted by Gasteiger charge is 2.25. The molecule has 1 N–H and O–H groups in total. The Morgan fingerprint density at radius 1 is 1.15 bits per heavy atom. The Labute approximate surface area is 195 Å². The summed E-state index contributed by atoms with van der Waals surface area (Å²) >= 11 is 0. The van der Waals surface area contributed by atoms with Gasteiger partial charge < -0.3 is 15.1 Å². The van der Waals surface area contributed by atoms with Crippen LogP contribution in [0.15, 0.2) is 60.9 Å². The molecule has 3 aromatic rings. The molecule has 0 bridgehead atoms. The largest absolute Gasteiger partial charge is 0.375 e. The molecule has 1 fully saturated rings. The molecular weight excluding hydrogens is 412 g/mol. The maximum atomic E-state index is 12.9. The van der Waals surface area contributed by atoms with Gasteiger partial charge in [0.1, 0.15) is 5.82 Å². The SMILES string of the molecule is Cc1ccc(Nc2nccc([C@@H]3CCCN(C(=O)CCCN(C)c4ccccc4)C3)n2)nc1. The molecule has 172 valence electrons. The van der Waals surface area contributed by atoms with Gasteiger partial charge in [-0.15, -0.1) is 0 Å². The summed E-state index contributed by atoms with van der Waals surface area (Å²) in [6.45, 7) is 4.41. The van der Waals surface area contributed by atoms with Crippen molar-refractivity contribution in [2.24, 2.45) is 0 Å². The Kier molecular flexibility index (Phi) is 7.50. The first-order valence-corrected chi connectivity index (χ1v) is 11.6. The molecule has 0 radical (unpaired) electrons. The van der Waals surface area contributed by atoms with E-state index in [1.54, 1.807) is 6.20 Å². The van der Waals surface area contributed by atoms with E-state index in [2.05, 4.69) is 39.4 Å². The van der Waals surface area contributed by atoms with Gasteiger partial charge in [-0.05, 0) is 56.0 Å². The van der Waals surface area contributed by atoms with Crippen molar-refractivity contribution in [1.82, 2.24) is 19.9 Å². The van der Waals surface area contributed by atoms with Crippen LogP contribution in [-0.2, 0) is 4.79 Å². The number of nitrogens with zero attached hydrogens (tertiary/aromatic N) is 5. The summed E-state index contributed by atoms with van der Waals surface area (Å²) < 4.78 is 0.